The molecule has 0 spiro atoms. The van der Waals surface area contributed by atoms with Gasteiger partial charge >= 0.3 is 0 Å². The van der Waals surface area contributed by atoms with Gasteiger partial charge in [-0.2, -0.15) is 0 Å². The number of carbonyl (C=O) groups is 2. The molecule has 30 heavy (non-hydrogen) atoms. The molecule has 154 valence electrons. The Hall–Kier alpha value is -3.65. The van der Waals surface area contributed by atoms with Gasteiger partial charge in [-0.25, -0.2) is 8.42 Å². The molecule has 0 aliphatic heterocycles. The third kappa shape index (κ3) is 5.03. The molecule has 0 saturated heterocycles. The molecule has 0 saturated carbocycles. The second-order valence-corrected chi connectivity index (χ2v) is 8.30. The summed E-state index contributed by atoms with van der Waals surface area (Å²) in [5, 5.41) is 5.42. The van der Waals surface area contributed by atoms with Gasteiger partial charge in [-0.1, -0.05) is 30.3 Å². The smallest absolute Gasteiger partial charge is 0.261 e. The predicted molar refractivity (Wildman–Crippen MR) is 117 cm³/mol. The van der Waals surface area contributed by atoms with E-state index in [-0.39, 0.29) is 10.8 Å². The van der Waals surface area contributed by atoms with Gasteiger partial charge in [0, 0.05) is 23.9 Å². The monoisotopic (exact) mass is 423 g/mol. The van der Waals surface area contributed by atoms with E-state index in [0.29, 0.717) is 28.2 Å². The van der Waals surface area contributed by atoms with Crippen molar-refractivity contribution in [1.82, 2.24) is 0 Å². The van der Waals surface area contributed by atoms with E-state index in [2.05, 4.69) is 15.4 Å². The fraction of sp³-hybridized carbons (Fsp3) is 0.0909. The molecule has 3 aromatic rings. The number of hydrogen-bond donors (Lipinski definition) is 3. The molecule has 0 heterocycles. The van der Waals surface area contributed by atoms with Crippen molar-refractivity contribution >= 4 is 38.9 Å². The van der Waals surface area contributed by atoms with Gasteiger partial charge in [0.2, 0.25) is 5.91 Å². The molecule has 8 heteroatoms. The highest BCUT2D eigenvalue weighted by atomic mass is 32.2. The highest BCUT2D eigenvalue weighted by molar-refractivity contribution is 7.92. The van der Waals surface area contributed by atoms with Crippen LogP contribution in [-0.2, 0) is 14.8 Å². The summed E-state index contributed by atoms with van der Waals surface area (Å²) >= 11 is 0. The maximum absolute atomic E-state index is 12.8. The molecule has 3 rings (SSSR count). The Bertz CT molecular complexity index is 1190. The lowest BCUT2D eigenvalue weighted by molar-refractivity contribution is -0.114. The summed E-state index contributed by atoms with van der Waals surface area (Å²) in [6, 6.07) is 19.6. The summed E-state index contributed by atoms with van der Waals surface area (Å²) in [5.74, 6) is -0.610. The largest absolute Gasteiger partial charge is 0.326 e. The topological polar surface area (TPSA) is 104 Å². The highest BCUT2D eigenvalue weighted by Gasteiger charge is 2.18. The zero-order chi connectivity index (χ0) is 21.7. The summed E-state index contributed by atoms with van der Waals surface area (Å²) in [6.07, 6.45) is 0. The van der Waals surface area contributed by atoms with Gasteiger partial charge in [0.15, 0.2) is 0 Å². The quantitative estimate of drug-likeness (QED) is 0.557. The van der Waals surface area contributed by atoms with Crippen molar-refractivity contribution < 1.29 is 18.0 Å². The van der Waals surface area contributed by atoms with Crippen LogP contribution in [0.1, 0.15) is 22.8 Å². The van der Waals surface area contributed by atoms with Crippen LogP contribution in [0.15, 0.2) is 77.7 Å². The number of amides is 2. The van der Waals surface area contributed by atoms with Crippen LogP contribution in [-0.4, -0.2) is 20.2 Å². The number of rotatable bonds is 6. The van der Waals surface area contributed by atoms with Crippen molar-refractivity contribution in [2.45, 2.75) is 18.7 Å². The molecular formula is C22H21N3O4S. The zero-order valence-corrected chi connectivity index (χ0v) is 17.3. The Morgan fingerprint density at radius 3 is 2.10 bits per heavy atom. The van der Waals surface area contributed by atoms with Crippen molar-refractivity contribution in [3.8, 4) is 0 Å². The van der Waals surface area contributed by atoms with E-state index in [1.807, 2.05) is 0 Å². The van der Waals surface area contributed by atoms with Crippen molar-refractivity contribution in [3.63, 3.8) is 0 Å². The molecule has 0 atom stereocenters. The first-order chi connectivity index (χ1) is 14.3. The molecule has 0 aromatic heterocycles. The minimum absolute atomic E-state index is 0.133. The molecule has 7 nitrogen and oxygen atoms in total. The summed E-state index contributed by atoms with van der Waals surface area (Å²) < 4.78 is 27.7. The zero-order valence-electron chi connectivity index (χ0n) is 16.5. The predicted octanol–water partition coefficient (Wildman–Crippen LogP) is 4.01. The minimum Gasteiger partial charge on any atom is -0.326 e. The lowest BCUT2D eigenvalue weighted by Crippen LogP contribution is -2.17. The Morgan fingerprint density at radius 2 is 1.43 bits per heavy atom. The Kier molecular flexibility index (Phi) is 6.17. The van der Waals surface area contributed by atoms with E-state index in [0.717, 1.165) is 0 Å². The molecular weight excluding hydrogens is 402 g/mol. The summed E-state index contributed by atoms with van der Waals surface area (Å²) in [5.41, 5.74) is 2.20. The van der Waals surface area contributed by atoms with E-state index < -0.39 is 15.9 Å². The first-order valence-corrected chi connectivity index (χ1v) is 10.6. The van der Waals surface area contributed by atoms with E-state index in [1.54, 1.807) is 67.6 Å². The molecule has 0 aliphatic rings. The summed E-state index contributed by atoms with van der Waals surface area (Å²) in [6.45, 7) is 3.07. The van der Waals surface area contributed by atoms with Gasteiger partial charge in [-0.05, 0) is 55.0 Å². The Morgan fingerprint density at radius 1 is 0.800 bits per heavy atom. The number of nitrogens with one attached hydrogen (secondary N) is 3. The lowest BCUT2D eigenvalue weighted by Gasteiger charge is -2.14. The van der Waals surface area contributed by atoms with E-state index >= 15 is 0 Å². The lowest BCUT2D eigenvalue weighted by atomic mass is 10.1. The SMILES string of the molecule is CC(=O)Nc1cccc(NC(=O)c2cccc(NS(=O)(=O)c3ccccc3)c2C)c1. The number of benzene rings is 3. The van der Waals surface area contributed by atoms with Gasteiger partial charge in [0.1, 0.15) is 0 Å². The van der Waals surface area contributed by atoms with Gasteiger partial charge in [0.25, 0.3) is 15.9 Å². The second kappa shape index (κ2) is 8.79. The normalized spacial score (nSPS) is 10.9. The van der Waals surface area contributed by atoms with Crippen LogP contribution in [0.2, 0.25) is 0 Å². The average molecular weight is 423 g/mol. The molecule has 0 bridgehead atoms. The van der Waals surface area contributed by atoms with E-state index in [1.165, 1.54) is 19.1 Å². The van der Waals surface area contributed by atoms with Crippen LogP contribution in [0.4, 0.5) is 17.1 Å². The van der Waals surface area contributed by atoms with Crippen molar-refractivity contribution in [2.24, 2.45) is 0 Å². The summed E-state index contributed by atoms with van der Waals surface area (Å²) in [4.78, 5) is 24.1. The van der Waals surface area contributed by atoms with Gasteiger partial charge < -0.3 is 10.6 Å². The molecule has 2 amide bonds. The van der Waals surface area contributed by atoms with Crippen LogP contribution in [0.3, 0.4) is 0 Å². The number of carbonyl (C=O) groups excluding carboxylic acids is 2. The number of anilines is 3. The minimum atomic E-state index is -3.78. The van der Waals surface area contributed by atoms with Crippen LogP contribution in [0.25, 0.3) is 0 Å². The molecule has 0 aliphatic carbocycles. The highest BCUT2D eigenvalue weighted by Crippen LogP contribution is 2.24. The fourth-order valence-corrected chi connectivity index (χ4v) is 4.02. The first kappa shape index (κ1) is 21.1. The fourth-order valence-electron chi connectivity index (χ4n) is 2.87. The Labute approximate surface area is 175 Å². The maximum Gasteiger partial charge on any atom is 0.261 e. The van der Waals surface area contributed by atoms with Crippen molar-refractivity contribution in [1.29, 1.82) is 0 Å². The van der Waals surface area contributed by atoms with E-state index in [4.69, 9.17) is 0 Å². The standard InChI is InChI=1S/C22H21N3O4S/c1-15-20(22(27)24-18-9-6-8-17(14-18)23-16(2)26)12-7-13-21(15)25-30(28,29)19-10-4-3-5-11-19/h3-14,25H,1-2H3,(H,23,26)(H,24,27). The first-order valence-electron chi connectivity index (χ1n) is 9.13. The number of sulfonamides is 1. The second-order valence-electron chi connectivity index (χ2n) is 6.61. The van der Waals surface area contributed by atoms with Crippen LogP contribution >= 0.6 is 0 Å². The van der Waals surface area contributed by atoms with Crippen LogP contribution in [0, 0.1) is 6.92 Å². The van der Waals surface area contributed by atoms with Gasteiger partial charge in [-0.15, -0.1) is 0 Å². The third-order valence-corrected chi connectivity index (χ3v) is 5.70. The van der Waals surface area contributed by atoms with Gasteiger partial charge in [-0.3, -0.25) is 14.3 Å². The molecule has 3 N–H and O–H groups in total. The molecule has 0 radical (unpaired) electrons. The van der Waals surface area contributed by atoms with Crippen molar-refractivity contribution in [2.75, 3.05) is 15.4 Å². The maximum atomic E-state index is 12.8. The summed E-state index contributed by atoms with van der Waals surface area (Å²) in [7, 11) is -3.78. The van der Waals surface area contributed by atoms with Crippen LogP contribution < -0.4 is 15.4 Å². The third-order valence-electron chi connectivity index (χ3n) is 4.32. The average Bonchev–Trinajstić information content (AvgIpc) is 2.70. The molecule has 3 aromatic carbocycles. The Balaban J connectivity index is 1.83. The van der Waals surface area contributed by atoms with Crippen LogP contribution in [0.5, 0.6) is 0 Å². The number of hydrogen-bond acceptors (Lipinski definition) is 4. The molecule has 0 unspecified atom stereocenters. The molecule has 0 fully saturated rings. The van der Waals surface area contributed by atoms with Gasteiger partial charge in [0.05, 0.1) is 10.6 Å². The van der Waals surface area contributed by atoms with E-state index in [9.17, 15) is 18.0 Å². The van der Waals surface area contributed by atoms with Crippen molar-refractivity contribution in [3.05, 3.63) is 83.9 Å².